The van der Waals surface area contributed by atoms with E-state index >= 15 is 0 Å². The lowest BCUT2D eigenvalue weighted by molar-refractivity contribution is -0.265. The number of alkyl halides is 3. The van der Waals surface area contributed by atoms with Crippen LogP contribution in [0.2, 0.25) is 0 Å². The van der Waals surface area contributed by atoms with Crippen molar-refractivity contribution in [3.63, 3.8) is 0 Å². The largest absolute Gasteiger partial charge is 0.489 e. The molecule has 2 aromatic heterocycles. The van der Waals surface area contributed by atoms with Crippen molar-refractivity contribution in [2.45, 2.75) is 55.8 Å². The van der Waals surface area contributed by atoms with E-state index in [2.05, 4.69) is 25.9 Å². The van der Waals surface area contributed by atoms with Gasteiger partial charge in [-0.05, 0) is 92.6 Å². The van der Waals surface area contributed by atoms with E-state index in [0.29, 0.717) is 23.7 Å². The molecule has 2 aromatic carbocycles. The van der Waals surface area contributed by atoms with Crippen molar-refractivity contribution in [2.24, 2.45) is 11.7 Å². The van der Waals surface area contributed by atoms with Crippen LogP contribution in [0.3, 0.4) is 0 Å². The lowest BCUT2D eigenvalue weighted by Crippen LogP contribution is -2.52. The molecule has 3 aliphatic rings. The molecule has 50 heavy (non-hydrogen) atoms. The smallest absolute Gasteiger partial charge is 0.424 e. The Hall–Kier alpha value is -5.31. The van der Waals surface area contributed by atoms with Crippen LogP contribution in [0.5, 0.6) is 5.75 Å². The van der Waals surface area contributed by atoms with Crippen LogP contribution in [-0.2, 0) is 15.8 Å². The van der Waals surface area contributed by atoms with Gasteiger partial charge < -0.3 is 31.5 Å². The molecule has 6 N–H and O–H groups in total. The minimum absolute atomic E-state index is 0.00503. The van der Waals surface area contributed by atoms with Crippen LogP contribution in [0.15, 0.2) is 54.7 Å². The number of aromatic nitrogens is 2. The summed E-state index contributed by atoms with van der Waals surface area (Å²) in [6.07, 6.45) is -1.01. The average molecular weight is 693 g/mol. The fourth-order valence-corrected chi connectivity index (χ4v) is 6.41. The number of carbonyl (C=O) groups excluding carboxylic acids is 3. The number of ether oxygens (including phenoxy) is 1. The van der Waals surface area contributed by atoms with Gasteiger partial charge in [0.1, 0.15) is 29.3 Å². The van der Waals surface area contributed by atoms with Crippen LogP contribution in [0, 0.1) is 18.7 Å². The molecule has 4 amide bonds. The van der Waals surface area contributed by atoms with Crippen molar-refractivity contribution < 1.29 is 41.8 Å². The number of nitrogens with two attached hydrogens (primary N) is 1. The number of aliphatic hydroxyl groups is 1. The van der Waals surface area contributed by atoms with Crippen molar-refractivity contribution in [1.29, 1.82) is 0 Å². The molecule has 0 spiro atoms. The van der Waals surface area contributed by atoms with E-state index in [1.54, 1.807) is 19.2 Å². The lowest BCUT2D eigenvalue weighted by Gasteiger charge is -2.32. The Morgan fingerprint density at radius 1 is 1.06 bits per heavy atom. The Labute approximate surface area is 282 Å². The number of anilines is 1. The molecule has 2 saturated carbocycles. The lowest BCUT2D eigenvalue weighted by atomic mass is 9.76. The molecule has 3 heterocycles. The molecule has 0 bridgehead atoms. The first-order chi connectivity index (χ1) is 23.7. The zero-order valence-corrected chi connectivity index (χ0v) is 26.7. The molecular weight excluding hydrogens is 660 g/mol. The van der Waals surface area contributed by atoms with Crippen LogP contribution in [-0.4, -0.2) is 58.3 Å². The quantitative estimate of drug-likeness (QED) is 0.158. The second-order valence-electron chi connectivity index (χ2n) is 13.2. The highest BCUT2D eigenvalue weighted by Crippen LogP contribution is 2.56. The minimum atomic E-state index is -5.39. The number of fused-ring (bicyclic) bond motifs is 2. The number of nitrogens with one attached hydrogen (secondary N) is 3. The maximum absolute atomic E-state index is 15.0. The van der Waals surface area contributed by atoms with Crippen LogP contribution < -0.4 is 26.4 Å². The van der Waals surface area contributed by atoms with Gasteiger partial charge in [0.25, 0.3) is 5.91 Å². The van der Waals surface area contributed by atoms with Crippen LogP contribution in [0.25, 0.3) is 22.2 Å². The van der Waals surface area contributed by atoms with Crippen molar-refractivity contribution >= 4 is 34.4 Å². The van der Waals surface area contributed by atoms with Gasteiger partial charge in [-0.25, -0.2) is 14.2 Å². The zero-order chi connectivity index (χ0) is 35.6. The number of urea groups is 1. The Kier molecular flexibility index (Phi) is 7.92. The summed E-state index contributed by atoms with van der Waals surface area (Å²) in [5.41, 5.74) is 0.855. The molecule has 1 aliphatic heterocycles. The fourth-order valence-electron chi connectivity index (χ4n) is 6.41. The maximum atomic E-state index is 15.0. The van der Waals surface area contributed by atoms with Gasteiger partial charge >= 0.3 is 12.2 Å². The topological polar surface area (TPSA) is 169 Å². The third-order valence-electron chi connectivity index (χ3n) is 9.47. The van der Waals surface area contributed by atoms with Gasteiger partial charge in [0.2, 0.25) is 11.5 Å². The molecule has 2 aliphatic carbocycles. The van der Waals surface area contributed by atoms with Crippen molar-refractivity contribution in [3.05, 3.63) is 82.9 Å². The normalized spacial score (nSPS) is 19.6. The van der Waals surface area contributed by atoms with E-state index < -0.39 is 53.1 Å². The van der Waals surface area contributed by atoms with Gasteiger partial charge in [-0.15, -0.1) is 0 Å². The summed E-state index contributed by atoms with van der Waals surface area (Å²) in [6, 6.07) is 9.61. The fraction of sp³-hybridized carbons (Fsp3) is 0.343. The summed E-state index contributed by atoms with van der Waals surface area (Å²) in [6.45, 7) is 0.140. The summed E-state index contributed by atoms with van der Waals surface area (Å²) in [7, 11) is 0. The molecule has 1 unspecified atom stereocenters. The zero-order valence-electron chi connectivity index (χ0n) is 26.7. The third-order valence-corrected chi connectivity index (χ3v) is 9.47. The minimum Gasteiger partial charge on any atom is -0.489 e. The highest BCUT2D eigenvalue weighted by Gasteiger charge is 2.60. The van der Waals surface area contributed by atoms with Crippen LogP contribution in [0.1, 0.15) is 52.9 Å². The van der Waals surface area contributed by atoms with Crippen molar-refractivity contribution in [1.82, 2.24) is 20.6 Å². The number of aryl methyl sites for hydroxylation is 1. The first kappa shape index (κ1) is 33.2. The van der Waals surface area contributed by atoms with Crippen LogP contribution >= 0.6 is 0 Å². The Balaban J connectivity index is 1.27. The summed E-state index contributed by atoms with van der Waals surface area (Å²) in [5.74, 6) is -2.71. The predicted octanol–water partition coefficient (Wildman–Crippen LogP) is 4.73. The molecule has 0 radical (unpaired) electrons. The number of halogens is 4. The van der Waals surface area contributed by atoms with E-state index in [4.69, 9.17) is 10.5 Å². The summed E-state index contributed by atoms with van der Waals surface area (Å²) in [4.78, 5) is 47.6. The Bertz CT molecular complexity index is 2050. The predicted molar refractivity (Wildman–Crippen MR) is 173 cm³/mol. The number of pyridine rings is 2. The summed E-state index contributed by atoms with van der Waals surface area (Å²) < 4.78 is 64.7. The molecular formula is C35H32F4N6O5. The van der Waals surface area contributed by atoms with Crippen molar-refractivity contribution in [2.75, 3.05) is 18.5 Å². The number of hydrogen-bond donors (Lipinski definition) is 5. The third kappa shape index (κ3) is 5.84. The molecule has 0 saturated heterocycles. The summed E-state index contributed by atoms with van der Waals surface area (Å²) in [5, 5.41) is 19.6. The van der Waals surface area contributed by atoms with Gasteiger partial charge in [0.05, 0.1) is 23.4 Å². The highest BCUT2D eigenvalue weighted by atomic mass is 19.4. The molecule has 7 rings (SSSR count). The second kappa shape index (κ2) is 11.9. The molecule has 2 atom stereocenters. The second-order valence-corrected chi connectivity index (χ2v) is 13.2. The van der Waals surface area contributed by atoms with Gasteiger partial charge in [0, 0.05) is 34.3 Å². The van der Waals surface area contributed by atoms with E-state index in [-0.39, 0.29) is 52.4 Å². The number of hydrogen-bond acceptors (Lipinski definition) is 7. The first-order valence-corrected chi connectivity index (χ1v) is 16.0. The van der Waals surface area contributed by atoms with Crippen molar-refractivity contribution in [3.8, 4) is 17.0 Å². The van der Waals surface area contributed by atoms with Gasteiger partial charge in [-0.3, -0.25) is 14.6 Å². The molecule has 11 nitrogen and oxygen atoms in total. The number of carbonyl (C=O) groups is 3. The number of primary amides is 1. The number of nitrogens with zero attached hydrogens (tertiary/aromatic N) is 2. The van der Waals surface area contributed by atoms with Crippen LogP contribution in [0.4, 0.5) is 28.0 Å². The number of amides is 4. The molecule has 260 valence electrons. The Morgan fingerprint density at radius 3 is 2.42 bits per heavy atom. The van der Waals surface area contributed by atoms with E-state index in [9.17, 15) is 37.1 Å². The van der Waals surface area contributed by atoms with E-state index in [1.807, 2.05) is 0 Å². The molecule has 2 fully saturated rings. The SMILES string of the molecule is Cc1cnc2c(NC(=O)NC3CC3)cc(C(=O)NCC(O)(c3cc4c(c(-c5ccc(F)cc5)n3)OC[C@@]4(C(N)=O)C3CC3)C(F)(F)F)cc2c1. The first-order valence-electron chi connectivity index (χ1n) is 16.0. The van der Waals surface area contributed by atoms with E-state index in [1.165, 1.54) is 24.3 Å². The average Bonchev–Trinajstić information content (AvgIpc) is 4.01. The van der Waals surface area contributed by atoms with Gasteiger partial charge in [0.15, 0.2) is 0 Å². The number of benzene rings is 2. The summed E-state index contributed by atoms with van der Waals surface area (Å²) >= 11 is 0. The van der Waals surface area contributed by atoms with Gasteiger partial charge in [-0.1, -0.05) is 0 Å². The Morgan fingerprint density at radius 2 is 1.78 bits per heavy atom. The maximum Gasteiger partial charge on any atom is 0.424 e. The monoisotopic (exact) mass is 692 g/mol. The molecule has 4 aromatic rings. The highest BCUT2D eigenvalue weighted by molar-refractivity contribution is 6.05. The van der Waals surface area contributed by atoms with E-state index in [0.717, 1.165) is 36.6 Å². The number of rotatable bonds is 9. The van der Waals surface area contributed by atoms with Gasteiger partial charge in [-0.2, -0.15) is 13.2 Å². The molecule has 15 heteroatoms. The standard InChI is InChI=1S/C35H32F4N6O5/c1-17-10-19-11-20(12-25(27(19)41-14-17)44-32(48)43-23-8-9-23)30(46)42-15-34(49,35(37,38)39)26-13-24-29(28(45-26)18-2-6-22(36)7-3-18)50-16-33(24,31(40)47)21-4-5-21/h2-3,6-7,10-14,21,23,49H,4-5,8-9,15-16H2,1H3,(H2,40,47)(H,42,46)(H2,43,44,48)/t33-,34?/m1/s1.